The molecule has 0 heterocycles. The van der Waals surface area contributed by atoms with Gasteiger partial charge in [-0.3, -0.25) is 4.79 Å². The summed E-state index contributed by atoms with van der Waals surface area (Å²) < 4.78 is 5.81. The SMILES string of the molecule is C=COC(=O)Cc1cc(I)c(C(=O)O)c(I)c1. The van der Waals surface area contributed by atoms with Crippen LogP contribution in [-0.2, 0) is 16.0 Å². The van der Waals surface area contributed by atoms with Crippen molar-refractivity contribution in [2.45, 2.75) is 6.42 Å². The van der Waals surface area contributed by atoms with E-state index in [0.29, 0.717) is 7.14 Å². The van der Waals surface area contributed by atoms with E-state index in [2.05, 4.69) is 11.3 Å². The minimum absolute atomic E-state index is 0.0952. The molecule has 0 atom stereocenters. The van der Waals surface area contributed by atoms with E-state index in [4.69, 9.17) is 5.11 Å². The molecular weight excluding hydrogens is 450 g/mol. The topological polar surface area (TPSA) is 63.6 Å². The van der Waals surface area contributed by atoms with E-state index < -0.39 is 11.9 Å². The quantitative estimate of drug-likeness (QED) is 0.429. The van der Waals surface area contributed by atoms with Crippen LogP contribution in [-0.4, -0.2) is 17.0 Å². The monoisotopic (exact) mass is 458 g/mol. The van der Waals surface area contributed by atoms with Gasteiger partial charge in [-0.15, -0.1) is 0 Å². The Morgan fingerprint density at radius 3 is 2.29 bits per heavy atom. The van der Waals surface area contributed by atoms with Crippen LogP contribution < -0.4 is 0 Å². The van der Waals surface area contributed by atoms with Crippen molar-refractivity contribution >= 4 is 57.1 Å². The number of halogens is 2. The van der Waals surface area contributed by atoms with Crippen LogP contribution in [0.15, 0.2) is 25.0 Å². The van der Waals surface area contributed by atoms with Crippen molar-refractivity contribution in [1.29, 1.82) is 0 Å². The third-order valence-corrected chi connectivity index (χ3v) is 3.58. The first kappa shape index (κ1) is 14.4. The maximum Gasteiger partial charge on any atom is 0.337 e. The molecular formula is C11H8I2O4. The van der Waals surface area contributed by atoms with Gasteiger partial charge in [0.2, 0.25) is 0 Å². The third-order valence-electron chi connectivity index (χ3n) is 1.88. The van der Waals surface area contributed by atoms with Crippen molar-refractivity contribution in [1.82, 2.24) is 0 Å². The first-order valence-corrected chi connectivity index (χ1v) is 6.63. The van der Waals surface area contributed by atoms with Crippen LogP contribution >= 0.6 is 45.2 Å². The van der Waals surface area contributed by atoms with Crippen LogP contribution in [0.25, 0.3) is 0 Å². The number of carboxylic acids is 1. The molecule has 1 rings (SSSR count). The lowest BCUT2D eigenvalue weighted by Gasteiger charge is -2.06. The molecule has 0 saturated heterocycles. The van der Waals surface area contributed by atoms with E-state index in [1.165, 1.54) is 0 Å². The molecule has 4 nitrogen and oxygen atoms in total. The van der Waals surface area contributed by atoms with Gasteiger partial charge in [-0.2, -0.15) is 0 Å². The van der Waals surface area contributed by atoms with Crippen molar-refractivity contribution in [2.24, 2.45) is 0 Å². The molecule has 1 aromatic rings. The molecule has 0 radical (unpaired) electrons. The molecule has 0 aliphatic rings. The highest BCUT2D eigenvalue weighted by Gasteiger charge is 2.15. The summed E-state index contributed by atoms with van der Waals surface area (Å²) in [5.41, 5.74) is 0.975. The van der Waals surface area contributed by atoms with Crippen LogP contribution in [0.4, 0.5) is 0 Å². The number of hydrogen-bond acceptors (Lipinski definition) is 3. The number of rotatable bonds is 4. The van der Waals surface area contributed by atoms with Gasteiger partial charge in [0, 0.05) is 7.14 Å². The summed E-state index contributed by atoms with van der Waals surface area (Å²) in [7, 11) is 0. The molecule has 1 N–H and O–H groups in total. The first-order chi connectivity index (χ1) is 7.95. The number of hydrogen-bond donors (Lipinski definition) is 1. The summed E-state index contributed by atoms with van der Waals surface area (Å²) >= 11 is 3.87. The molecule has 6 heteroatoms. The molecule has 0 unspecified atom stereocenters. The maximum absolute atomic E-state index is 11.2. The average molecular weight is 458 g/mol. The van der Waals surface area contributed by atoms with E-state index in [1.54, 1.807) is 12.1 Å². The molecule has 0 saturated carbocycles. The zero-order chi connectivity index (χ0) is 13.0. The van der Waals surface area contributed by atoms with Gasteiger partial charge in [0.15, 0.2) is 0 Å². The average Bonchev–Trinajstić information content (AvgIpc) is 2.15. The number of carboxylic acid groups (broad SMARTS) is 1. The molecule has 0 bridgehead atoms. The van der Waals surface area contributed by atoms with Crippen LogP contribution in [0, 0.1) is 7.14 Å². The van der Waals surface area contributed by atoms with E-state index in [0.717, 1.165) is 11.8 Å². The van der Waals surface area contributed by atoms with Crippen molar-refractivity contribution in [3.8, 4) is 0 Å². The summed E-state index contributed by atoms with van der Waals surface area (Å²) in [6.07, 6.45) is 1.17. The van der Waals surface area contributed by atoms with Crippen LogP contribution in [0.1, 0.15) is 15.9 Å². The van der Waals surface area contributed by atoms with Crippen LogP contribution in [0.5, 0.6) is 0 Å². The molecule has 0 spiro atoms. The van der Waals surface area contributed by atoms with Gasteiger partial charge in [0.25, 0.3) is 0 Å². The minimum Gasteiger partial charge on any atom is -0.478 e. The highest BCUT2D eigenvalue weighted by molar-refractivity contribution is 14.1. The normalized spacial score (nSPS) is 9.76. The van der Waals surface area contributed by atoms with Crippen molar-refractivity contribution in [3.05, 3.63) is 43.2 Å². The van der Waals surface area contributed by atoms with Gasteiger partial charge in [-0.05, 0) is 62.9 Å². The van der Waals surface area contributed by atoms with Gasteiger partial charge in [0.05, 0.1) is 18.2 Å². The highest BCUT2D eigenvalue weighted by atomic mass is 127. The zero-order valence-electron chi connectivity index (χ0n) is 8.57. The number of aromatic carboxylic acids is 1. The first-order valence-electron chi connectivity index (χ1n) is 4.47. The standard InChI is InChI=1S/C11H8I2O4/c1-2-17-9(14)5-6-3-7(12)10(11(15)16)8(13)4-6/h2-4H,1,5H2,(H,15,16). The largest absolute Gasteiger partial charge is 0.478 e. The molecule has 0 amide bonds. The Hall–Kier alpha value is -0.640. The number of esters is 1. The van der Waals surface area contributed by atoms with Gasteiger partial charge in [0.1, 0.15) is 0 Å². The molecule has 17 heavy (non-hydrogen) atoms. The zero-order valence-corrected chi connectivity index (χ0v) is 12.9. The van der Waals surface area contributed by atoms with Crippen molar-refractivity contribution < 1.29 is 19.4 Å². The molecule has 0 aliphatic carbocycles. The summed E-state index contributed by atoms with van der Waals surface area (Å²) in [6, 6.07) is 3.33. The fourth-order valence-corrected chi connectivity index (χ4v) is 3.59. The van der Waals surface area contributed by atoms with Gasteiger partial charge in [-0.25, -0.2) is 4.79 Å². The summed E-state index contributed by atoms with van der Waals surface area (Å²) in [4.78, 5) is 22.2. The number of carbonyl (C=O) groups excluding carboxylic acids is 1. The smallest absolute Gasteiger partial charge is 0.337 e. The van der Waals surface area contributed by atoms with Crippen LogP contribution in [0.3, 0.4) is 0 Å². The molecule has 90 valence electrons. The number of carbonyl (C=O) groups is 2. The third kappa shape index (κ3) is 3.95. The summed E-state index contributed by atoms with van der Waals surface area (Å²) in [6.45, 7) is 3.29. The fourth-order valence-electron chi connectivity index (χ4n) is 1.23. The van der Waals surface area contributed by atoms with E-state index >= 15 is 0 Å². The Bertz CT molecular complexity index is 459. The Balaban J connectivity index is 3.02. The highest BCUT2D eigenvalue weighted by Crippen LogP contribution is 2.22. The minimum atomic E-state index is -0.973. The Kier molecular flexibility index (Phi) is 5.37. The molecule has 0 aliphatic heterocycles. The summed E-state index contributed by atoms with van der Waals surface area (Å²) in [5, 5.41) is 8.99. The predicted molar refractivity (Wildman–Crippen MR) is 78.8 cm³/mol. The number of benzene rings is 1. The van der Waals surface area contributed by atoms with E-state index in [9.17, 15) is 9.59 Å². The second-order valence-corrected chi connectivity index (χ2v) is 5.40. The Labute approximate surface area is 125 Å². The van der Waals surface area contributed by atoms with Crippen molar-refractivity contribution in [2.75, 3.05) is 0 Å². The van der Waals surface area contributed by atoms with Crippen molar-refractivity contribution in [3.63, 3.8) is 0 Å². The lowest BCUT2D eigenvalue weighted by Crippen LogP contribution is -2.08. The van der Waals surface area contributed by atoms with Gasteiger partial charge in [-0.1, -0.05) is 6.58 Å². The van der Waals surface area contributed by atoms with Gasteiger partial charge < -0.3 is 9.84 Å². The van der Waals surface area contributed by atoms with Crippen LogP contribution in [0.2, 0.25) is 0 Å². The van der Waals surface area contributed by atoms with E-state index in [1.807, 2.05) is 45.2 Å². The second kappa shape index (κ2) is 6.34. The molecule has 1 aromatic carbocycles. The Morgan fingerprint density at radius 1 is 1.35 bits per heavy atom. The Morgan fingerprint density at radius 2 is 1.88 bits per heavy atom. The van der Waals surface area contributed by atoms with E-state index in [-0.39, 0.29) is 12.0 Å². The number of ether oxygens (including phenoxy) is 1. The maximum atomic E-state index is 11.2. The lowest BCUT2D eigenvalue weighted by molar-refractivity contribution is -0.137. The molecule has 0 fully saturated rings. The predicted octanol–water partition coefficient (Wildman–Crippen LogP) is 2.82. The molecule has 0 aromatic heterocycles. The van der Waals surface area contributed by atoms with Gasteiger partial charge >= 0.3 is 11.9 Å². The lowest BCUT2D eigenvalue weighted by atomic mass is 10.1. The summed E-state index contributed by atoms with van der Waals surface area (Å²) in [5.74, 6) is -1.39. The second-order valence-electron chi connectivity index (χ2n) is 3.07. The fraction of sp³-hybridized carbons (Fsp3) is 0.0909.